The van der Waals surface area contributed by atoms with Crippen LogP contribution in [-0.4, -0.2) is 19.8 Å². The van der Waals surface area contributed by atoms with Gasteiger partial charge in [-0.1, -0.05) is 24.3 Å². The number of benzene rings is 2. The molecule has 0 saturated heterocycles. The minimum Gasteiger partial charge on any atom is -0.388 e. The second-order valence-corrected chi connectivity index (χ2v) is 6.71. The molecule has 5 heteroatoms. The summed E-state index contributed by atoms with van der Waals surface area (Å²) in [5.41, 5.74) is 1.31. The van der Waals surface area contributed by atoms with Gasteiger partial charge in [-0.15, -0.1) is 0 Å². The van der Waals surface area contributed by atoms with E-state index in [-0.39, 0.29) is 10.7 Å². The molecule has 0 bridgehead atoms. The number of hydrogen-bond donors (Lipinski definition) is 1. The summed E-state index contributed by atoms with van der Waals surface area (Å²) >= 11 is 0. The van der Waals surface area contributed by atoms with Crippen molar-refractivity contribution in [2.75, 3.05) is 6.26 Å². The molecule has 0 aliphatic carbocycles. The Morgan fingerprint density at radius 3 is 2.40 bits per heavy atom. The Hall–Kier alpha value is -1.72. The minimum atomic E-state index is -3.30. The van der Waals surface area contributed by atoms with Gasteiger partial charge in [0.15, 0.2) is 9.84 Å². The summed E-state index contributed by atoms with van der Waals surface area (Å²) in [6, 6.07) is 12.1. The summed E-state index contributed by atoms with van der Waals surface area (Å²) in [6.07, 6.45) is 0.591. The van der Waals surface area contributed by atoms with Gasteiger partial charge >= 0.3 is 0 Å². The van der Waals surface area contributed by atoms with Crippen LogP contribution in [0.5, 0.6) is 0 Å². The summed E-state index contributed by atoms with van der Waals surface area (Å²) in [5, 5.41) is 10.1. The Kier molecular flexibility index (Phi) is 4.20. The average molecular weight is 294 g/mol. The van der Waals surface area contributed by atoms with E-state index in [0.717, 1.165) is 11.8 Å². The normalized spacial score (nSPS) is 13.2. The van der Waals surface area contributed by atoms with Gasteiger partial charge in [-0.3, -0.25) is 0 Å². The molecule has 3 nitrogen and oxygen atoms in total. The first-order valence-corrected chi connectivity index (χ1v) is 7.98. The van der Waals surface area contributed by atoms with Gasteiger partial charge in [0.1, 0.15) is 5.82 Å². The maximum atomic E-state index is 12.8. The Balaban J connectivity index is 2.21. The SMILES string of the molecule is CS(=O)(=O)c1cccc(C(O)Cc2ccc(F)cc2)c1. The third kappa shape index (κ3) is 3.65. The van der Waals surface area contributed by atoms with E-state index in [2.05, 4.69) is 0 Å². The highest BCUT2D eigenvalue weighted by molar-refractivity contribution is 7.90. The fourth-order valence-electron chi connectivity index (χ4n) is 1.91. The fourth-order valence-corrected chi connectivity index (χ4v) is 2.59. The molecular weight excluding hydrogens is 279 g/mol. The molecule has 0 aromatic heterocycles. The first kappa shape index (κ1) is 14.7. The third-order valence-corrected chi connectivity index (χ3v) is 4.12. The smallest absolute Gasteiger partial charge is 0.175 e. The molecule has 2 aromatic rings. The van der Waals surface area contributed by atoms with Crippen LogP contribution in [0.25, 0.3) is 0 Å². The highest BCUT2D eigenvalue weighted by Gasteiger charge is 2.13. The topological polar surface area (TPSA) is 54.4 Å². The lowest BCUT2D eigenvalue weighted by Gasteiger charge is -2.12. The van der Waals surface area contributed by atoms with Gasteiger partial charge in [0.05, 0.1) is 11.0 Å². The molecule has 0 radical (unpaired) electrons. The second-order valence-electron chi connectivity index (χ2n) is 4.69. The minimum absolute atomic E-state index is 0.174. The summed E-state index contributed by atoms with van der Waals surface area (Å²) < 4.78 is 35.8. The largest absolute Gasteiger partial charge is 0.388 e. The van der Waals surface area contributed by atoms with Crippen molar-refractivity contribution >= 4 is 9.84 Å². The van der Waals surface area contributed by atoms with Crippen molar-refractivity contribution in [3.63, 3.8) is 0 Å². The molecule has 20 heavy (non-hydrogen) atoms. The molecule has 0 saturated carbocycles. The number of aliphatic hydroxyl groups excluding tert-OH is 1. The van der Waals surface area contributed by atoms with Crippen LogP contribution in [0.15, 0.2) is 53.4 Å². The van der Waals surface area contributed by atoms with Crippen molar-refractivity contribution in [1.82, 2.24) is 0 Å². The van der Waals surface area contributed by atoms with E-state index < -0.39 is 15.9 Å². The fraction of sp³-hybridized carbons (Fsp3) is 0.200. The molecule has 2 rings (SSSR count). The lowest BCUT2D eigenvalue weighted by atomic mass is 10.0. The first-order chi connectivity index (χ1) is 9.36. The van der Waals surface area contributed by atoms with E-state index in [9.17, 15) is 17.9 Å². The van der Waals surface area contributed by atoms with Crippen LogP contribution >= 0.6 is 0 Å². The third-order valence-electron chi connectivity index (χ3n) is 3.01. The van der Waals surface area contributed by atoms with Crippen LogP contribution in [0.4, 0.5) is 4.39 Å². The monoisotopic (exact) mass is 294 g/mol. The maximum Gasteiger partial charge on any atom is 0.175 e. The van der Waals surface area contributed by atoms with Gasteiger partial charge in [0.25, 0.3) is 0 Å². The Morgan fingerprint density at radius 1 is 1.15 bits per heavy atom. The lowest BCUT2D eigenvalue weighted by molar-refractivity contribution is 0.178. The van der Waals surface area contributed by atoms with Gasteiger partial charge in [0, 0.05) is 12.7 Å². The molecule has 0 aliphatic heterocycles. The van der Waals surface area contributed by atoms with Crippen LogP contribution < -0.4 is 0 Å². The number of hydrogen-bond acceptors (Lipinski definition) is 3. The van der Waals surface area contributed by atoms with Crippen molar-refractivity contribution in [1.29, 1.82) is 0 Å². The molecule has 0 heterocycles. The highest BCUT2D eigenvalue weighted by Crippen LogP contribution is 2.21. The Bertz CT molecular complexity index is 693. The van der Waals surface area contributed by atoms with Gasteiger partial charge < -0.3 is 5.11 Å². The van der Waals surface area contributed by atoms with Crippen molar-refractivity contribution in [3.8, 4) is 0 Å². The lowest BCUT2D eigenvalue weighted by Crippen LogP contribution is -2.04. The average Bonchev–Trinajstić information content (AvgIpc) is 2.40. The van der Waals surface area contributed by atoms with Crippen LogP contribution in [0, 0.1) is 5.82 Å². The Morgan fingerprint density at radius 2 is 1.80 bits per heavy atom. The molecule has 1 unspecified atom stereocenters. The van der Waals surface area contributed by atoms with E-state index in [1.54, 1.807) is 24.3 Å². The maximum absolute atomic E-state index is 12.8. The zero-order valence-electron chi connectivity index (χ0n) is 11.0. The molecule has 106 valence electrons. The molecule has 1 atom stereocenters. The number of rotatable bonds is 4. The zero-order chi connectivity index (χ0) is 14.8. The van der Waals surface area contributed by atoms with E-state index in [1.165, 1.54) is 24.3 Å². The Labute approximate surface area is 117 Å². The van der Waals surface area contributed by atoms with Crippen LogP contribution in [0.1, 0.15) is 17.2 Å². The molecule has 2 aromatic carbocycles. The predicted octanol–water partition coefficient (Wildman–Crippen LogP) is 2.51. The number of halogens is 1. The second kappa shape index (κ2) is 5.73. The van der Waals surface area contributed by atoms with Gasteiger partial charge in [-0.25, -0.2) is 12.8 Å². The molecular formula is C15H15FO3S. The van der Waals surface area contributed by atoms with Gasteiger partial charge in [-0.05, 0) is 35.4 Å². The summed E-state index contributed by atoms with van der Waals surface area (Å²) in [4.78, 5) is 0.174. The molecule has 0 aliphatic rings. The van der Waals surface area contributed by atoms with Gasteiger partial charge in [-0.2, -0.15) is 0 Å². The summed E-state index contributed by atoms with van der Waals surface area (Å²) in [5.74, 6) is -0.331. The van der Waals surface area contributed by atoms with Crippen LogP contribution in [0.3, 0.4) is 0 Å². The van der Waals surface area contributed by atoms with Crippen LogP contribution in [0.2, 0.25) is 0 Å². The highest BCUT2D eigenvalue weighted by atomic mass is 32.2. The standard InChI is InChI=1S/C15H15FO3S/c1-20(18,19)14-4-2-3-12(10-14)15(17)9-11-5-7-13(16)8-6-11/h2-8,10,15,17H,9H2,1H3. The summed E-state index contributed by atoms with van der Waals surface area (Å²) in [6.45, 7) is 0. The van der Waals surface area contributed by atoms with Crippen molar-refractivity contribution in [2.24, 2.45) is 0 Å². The first-order valence-electron chi connectivity index (χ1n) is 6.09. The number of aliphatic hydroxyl groups is 1. The van der Waals surface area contributed by atoms with E-state index in [0.29, 0.717) is 12.0 Å². The van der Waals surface area contributed by atoms with E-state index in [4.69, 9.17) is 0 Å². The van der Waals surface area contributed by atoms with Crippen molar-refractivity contribution < 1.29 is 17.9 Å². The van der Waals surface area contributed by atoms with Crippen molar-refractivity contribution in [3.05, 3.63) is 65.5 Å². The molecule has 0 fully saturated rings. The summed E-state index contributed by atoms with van der Waals surface area (Å²) in [7, 11) is -3.30. The predicted molar refractivity (Wildman–Crippen MR) is 74.6 cm³/mol. The zero-order valence-corrected chi connectivity index (χ0v) is 11.8. The van der Waals surface area contributed by atoms with Crippen molar-refractivity contribution in [2.45, 2.75) is 17.4 Å². The molecule has 0 amide bonds. The quantitative estimate of drug-likeness (QED) is 0.942. The van der Waals surface area contributed by atoms with Crippen LogP contribution in [-0.2, 0) is 16.3 Å². The van der Waals surface area contributed by atoms with E-state index in [1.807, 2.05) is 0 Å². The molecule has 0 spiro atoms. The number of sulfone groups is 1. The van der Waals surface area contributed by atoms with Gasteiger partial charge in [0.2, 0.25) is 0 Å². The molecule has 1 N–H and O–H groups in total. The van der Waals surface area contributed by atoms with E-state index >= 15 is 0 Å².